The Kier molecular flexibility index (Phi) is 5.24. The van der Waals surface area contributed by atoms with E-state index in [1.54, 1.807) is 0 Å². The minimum atomic E-state index is -0.253. The van der Waals surface area contributed by atoms with Crippen LogP contribution in [0.1, 0.15) is 65.2 Å². The van der Waals surface area contributed by atoms with E-state index in [-0.39, 0.29) is 5.54 Å². The van der Waals surface area contributed by atoms with Crippen LogP contribution in [0.5, 0.6) is 0 Å². The molecule has 0 aromatic heterocycles. The molecule has 3 heteroatoms. The Morgan fingerprint density at radius 3 is 2.63 bits per heavy atom. The lowest BCUT2D eigenvalue weighted by Gasteiger charge is -2.42. The predicted octanol–water partition coefficient (Wildman–Crippen LogP) is 3.07. The van der Waals surface area contributed by atoms with Crippen LogP contribution in [-0.2, 0) is 0 Å². The fraction of sp³-hybridized carbons (Fsp3) is 0.938. The van der Waals surface area contributed by atoms with Crippen LogP contribution in [0.2, 0.25) is 0 Å². The van der Waals surface area contributed by atoms with Crippen molar-refractivity contribution >= 4 is 0 Å². The highest BCUT2D eigenvalue weighted by molar-refractivity contribution is 5.11. The average Bonchev–Trinajstić information content (AvgIpc) is 3.25. The second kappa shape index (κ2) is 6.72. The van der Waals surface area contributed by atoms with Gasteiger partial charge in [0.15, 0.2) is 0 Å². The van der Waals surface area contributed by atoms with Gasteiger partial charge in [-0.25, -0.2) is 0 Å². The minimum Gasteiger partial charge on any atom is -0.300 e. The van der Waals surface area contributed by atoms with Crippen LogP contribution < -0.4 is 5.32 Å². The SMILES string of the molecule is CCCCN(C1CC1)C1CCCC(C#N)(NCC)C1. The summed E-state index contributed by atoms with van der Waals surface area (Å²) < 4.78 is 0. The van der Waals surface area contributed by atoms with Crippen LogP contribution in [0.3, 0.4) is 0 Å². The van der Waals surface area contributed by atoms with Gasteiger partial charge in [0.2, 0.25) is 0 Å². The molecule has 1 N–H and O–H groups in total. The van der Waals surface area contributed by atoms with E-state index in [2.05, 4.69) is 30.1 Å². The van der Waals surface area contributed by atoms with E-state index in [1.165, 1.54) is 45.1 Å². The maximum Gasteiger partial charge on any atom is 0.108 e. The van der Waals surface area contributed by atoms with Crippen molar-refractivity contribution < 1.29 is 0 Å². The lowest BCUT2D eigenvalue weighted by Crippen LogP contribution is -2.53. The molecule has 0 spiro atoms. The zero-order chi connectivity index (χ0) is 13.7. The van der Waals surface area contributed by atoms with Crippen LogP contribution >= 0.6 is 0 Å². The Labute approximate surface area is 118 Å². The molecule has 0 aromatic rings. The van der Waals surface area contributed by atoms with Crippen molar-refractivity contribution in [1.82, 2.24) is 10.2 Å². The first-order valence-corrected chi connectivity index (χ1v) is 8.16. The molecule has 2 fully saturated rings. The summed E-state index contributed by atoms with van der Waals surface area (Å²) in [6.45, 7) is 6.51. The van der Waals surface area contributed by atoms with Crippen LogP contribution in [0.4, 0.5) is 0 Å². The van der Waals surface area contributed by atoms with Gasteiger partial charge in [0.1, 0.15) is 5.54 Å². The van der Waals surface area contributed by atoms with E-state index in [9.17, 15) is 5.26 Å². The summed E-state index contributed by atoms with van der Waals surface area (Å²) in [5, 5.41) is 13.0. The molecule has 0 aromatic carbocycles. The third-order valence-electron chi connectivity index (χ3n) is 4.71. The summed E-state index contributed by atoms with van der Waals surface area (Å²) in [6, 6.07) is 4.04. The van der Waals surface area contributed by atoms with Gasteiger partial charge in [-0.05, 0) is 58.0 Å². The van der Waals surface area contributed by atoms with Gasteiger partial charge >= 0.3 is 0 Å². The summed E-state index contributed by atoms with van der Waals surface area (Å²) in [4.78, 5) is 2.73. The zero-order valence-electron chi connectivity index (χ0n) is 12.6. The van der Waals surface area contributed by atoms with Gasteiger partial charge in [-0.1, -0.05) is 20.3 Å². The third-order valence-corrected chi connectivity index (χ3v) is 4.71. The van der Waals surface area contributed by atoms with Crippen molar-refractivity contribution in [2.45, 2.75) is 82.8 Å². The first-order chi connectivity index (χ1) is 9.24. The van der Waals surface area contributed by atoms with Gasteiger partial charge in [-0.3, -0.25) is 10.2 Å². The van der Waals surface area contributed by atoms with Crippen LogP contribution in [0, 0.1) is 11.3 Å². The van der Waals surface area contributed by atoms with Crippen molar-refractivity contribution in [3.8, 4) is 6.07 Å². The molecule has 19 heavy (non-hydrogen) atoms. The van der Waals surface area contributed by atoms with Gasteiger partial charge in [0.05, 0.1) is 6.07 Å². The number of unbranched alkanes of at least 4 members (excludes halogenated alkanes) is 1. The van der Waals surface area contributed by atoms with E-state index in [0.717, 1.165) is 25.4 Å². The Morgan fingerprint density at radius 2 is 2.05 bits per heavy atom. The summed E-state index contributed by atoms with van der Waals surface area (Å²) in [5.74, 6) is 0. The standard InChI is InChI=1S/C16H29N3/c1-3-5-11-19(14-8-9-14)15-7-6-10-16(12-15,13-17)18-4-2/h14-15,18H,3-12H2,1-2H3. The third kappa shape index (κ3) is 3.70. The van der Waals surface area contributed by atoms with Gasteiger partial charge in [0, 0.05) is 12.1 Å². The van der Waals surface area contributed by atoms with E-state index in [4.69, 9.17) is 0 Å². The second-order valence-electron chi connectivity index (χ2n) is 6.30. The zero-order valence-corrected chi connectivity index (χ0v) is 12.6. The van der Waals surface area contributed by atoms with Gasteiger partial charge in [-0.2, -0.15) is 5.26 Å². The van der Waals surface area contributed by atoms with Crippen LogP contribution in [0.15, 0.2) is 0 Å². The summed E-state index contributed by atoms with van der Waals surface area (Å²) in [6.07, 6.45) is 9.86. The highest BCUT2D eigenvalue weighted by Gasteiger charge is 2.41. The fourth-order valence-corrected chi connectivity index (χ4v) is 3.58. The molecule has 2 rings (SSSR count). The lowest BCUT2D eigenvalue weighted by molar-refractivity contribution is 0.111. The van der Waals surface area contributed by atoms with E-state index in [0.29, 0.717) is 6.04 Å². The monoisotopic (exact) mass is 263 g/mol. The van der Waals surface area contributed by atoms with Crippen LogP contribution in [-0.4, -0.2) is 35.6 Å². The molecule has 0 heterocycles. The van der Waals surface area contributed by atoms with Gasteiger partial charge in [-0.15, -0.1) is 0 Å². The Balaban J connectivity index is 1.99. The molecule has 2 aliphatic carbocycles. The fourth-order valence-electron chi connectivity index (χ4n) is 3.58. The molecule has 2 aliphatic rings. The number of rotatable bonds is 7. The van der Waals surface area contributed by atoms with Crippen LogP contribution in [0.25, 0.3) is 0 Å². The molecule has 0 amide bonds. The smallest absolute Gasteiger partial charge is 0.108 e. The minimum absolute atomic E-state index is 0.253. The maximum absolute atomic E-state index is 9.57. The molecular weight excluding hydrogens is 234 g/mol. The van der Waals surface area contributed by atoms with Crippen molar-refractivity contribution in [3.05, 3.63) is 0 Å². The van der Waals surface area contributed by atoms with Crippen molar-refractivity contribution in [2.24, 2.45) is 0 Å². The number of nitriles is 1. The Hall–Kier alpha value is -0.590. The first-order valence-electron chi connectivity index (χ1n) is 8.16. The highest BCUT2D eigenvalue weighted by Crippen LogP contribution is 2.37. The predicted molar refractivity (Wildman–Crippen MR) is 78.9 cm³/mol. The molecular formula is C16H29N3. The summed E-state index contributed by atoms with van der Waals surface area (Å²) >= 11 is 0. The molecule has 2 atom stereocenters. The maximum atomic E-state index is 9.57. The average molecular weight is 263 g/mol. The summed E-state index contributed by atoms with van der Waals surface area (Å²) in [7, 11) is 0. The molecule has 2 saturated carbocycles. The highest BCUT2D eigenvalue weighted by atomic mass is 15.2. The van der Waals surface area contributed by atoms with Gasteiger partial charge in [0.25, 0.3) is 0 Å². The normalized spacial score (nSPS) is 31.4. The topological polar surface area (TPSA) is 39.1 Å². The molecule has 0 bridgehead atoms. The first kappa shape index (κ1) is 14.8. The quantitative estimate of drug-likeness (QED) is 0.767. The number of nitrogens with zero attached hydrogens (tertiary/aromatic N) is 2. The lowest BCUT2D eigenvalue weighted by atomic mass is 9.79. The van der Waals surface area contributed by atoms with Gasteiger partial charge < -0.3 is 0 Å². The van der Waals surface area contributed by atoms with Crippen molar-refractivity contribution in [1.29, 1.82) is 5.26 Å². The number of nitrogens with one attached hydrogen (secondary N) is 1. The molecule has 3 nitrogen and oxygen atoms in total. The number of hydrogen-bond acceptors (Lipinski definition) is 3. The van der Waals surface area contributed by atoms with E-state index >= 15 is 0 Å². The largest absolute Gasteiger partial charge is 0.300 e. The summed E-state index contributed by atoms with van der Waals surface area (Å²) in [5.41, 5.74) is -0.253. The van der Waals surface area contributed by atoms with E-state index in [1.807, 2.05) is 0 Å². The number of hydrogen-bond donors (Lipinski definition) is 1. The Morgan fingerprint density at radius 1 is 1.26 bits per heavy atom. The molecule has 2 unspecified atom stereocenters. The molecule has 0 radical (unpaired) electrons. The molecule has 0 saturated heterocycles. The van der Waals surface area contributed by atoms with Crippen molar-refractivity contribution in [3.63, 3.8) is 0 Å². The van der Waals surface area contributed by atoms with E-state index < -0.39 is 0 Å². The molecule has 0 aliphatic heterocycles. The molecule has 108 valence electrons. The van der Waals surface area contributed by atoms with Crippen molar-refractivity contribution in [2.75, 3.05) is 13.1 Å². The Bertz CT molecular complexity index is 314. The second-order valence-corrected chi connectivity index (χ2v) is 6.30.